The smallest absolute Gasteiger partial charge is 0.257 e. The Morgan fingerprint density at radius 1 is 1.33 bits per heavy atom. The van der Waals surface area contributed by atoms with Gasteiger partial charge in [0, 0.05) is 25.2 Å². The number of rotatable bonds is 3. The standard InChI is InChI=1S/C15H22N4O2/c1-9(2)13-12(8-17-10(3)18-13)15(21)19-6-4-11(5-7-19)14(16)20/h8-9,11H,4-7H2,1-3H3,(H2,16,20). The van der Waals surface area contributed by atoms with Crippen molar-refractivity contribution in [2.75, 3.05) is 13.1 Å². The zero-order valence-electron chi connectivity index (χ0n) is 12.8. The lowest BCUT2D eigenvalue weighted by atomic mass is 9.95. The lowest BCUT2D eigenvalue weighted by molar-refractivity contribution is -0.123. The van der Waals surface area contributed by atoms with Crippen LogP contribution in [0.1, 0.15) is 54.5 Å². The van der Waals surface area contributed by atoms with Crippen molar-refractivity contribution in [1.29, 1.82) is 0 Å². The minimum atomic E-state index is -0.274. The Hall–Kier alpha value is -1.98. The molecule has 1 aliphatic heterocycles. The monoisotopic (exact) mass is 290 g/mol. The van der Waals surface area contributed by atoms with Gasteiger partial charge < -0.3 is 10.6 Å². The molecule has 0 saturated carbocycles. The third-order valence-corrected chi connectivity index (χ3v) is 3.90. The molecule has 2 heterocycles. The second kappa shape index (κ2) is 6.20. The molecule has 21 heavy (non-hydrogen) atoms. The number of carbonyl (C=O) groups excluding carboxylic acids is 2. The molecule has 114 valence electrons. The Morgan fingerprint density at radius 3 is 2.48 bits per heavy atom. The molecule has 1 aliphatic rings. The molecule has 6 nitrogen and oxygen atoms in total. The van der Waals surface area contributed by atoms with E-state index in [1.54, 1.807) is 11.1 Å². The van der Waals surface area contributed by atoms with Gasteiger partial charge in [0.2, 0.25) is 5.91 Å². The van der Waals surface area contributed by atoms with Crippen LogP contribution in [0, 0.1) is 12.8 Å². The number of piperidine rings is 1. The molecule has 0 aromatic carbocycles. The van der Waals surface area contributed by atoms with Crippen molar-refractivity contribution in [1.82, 2.24) is 14.9 Å². The summed E-state index contributed by atoms with van der Waals surface area (Å²) in [6.07, 6.45) is 2.87. The van der Waals surface area contributed by atoms with Crippen LogP contribution < -0.4 is 5.73 Å². The lowest BCUT2D eigenvalue weighted by Crippen LogP contribution is -2.42. The first-order valence-electron chi connectivity index (χ1n) is 7.32. The van der Waals surface area contributed by atoms with Gasteiger partial charge in [0.05, 0.1) is 11.3 Å². The molecule has 1 aromatic rings. The van der Waals surface area contributed by atoms with Gasteiger partial charge in [0.25, 0.3) is 5.91 Å². The number of carbonyl (C=O) groups is 2. The molecular formula is C15H22N4O2. The fourth-order valence-electron chi connectivity index (χ4n) is 2.63. The molecule has 0 aliphatic carbocycles. The molecule has 2 amide bonds. The zero-order chi connectivity index (χ0) is 15.6. The number of primary amides is 1. The highest BCUT2D eigenvalue weighted by molar-refractivity contribution is 5.95. The van der Waals surface area contributed by atoms with Crippen LogP contribution in [0.2, 0.25) is 0 Å². The fourth-order valence-corrected chi connectivity index (χ4v) is 2.63. The number of nitrogens with zero attached hydrogens (tertiary/aromatic N) is 3. The van der Waals surface area contributed by atoms with E-state index < -0.39 is 0 Å². The van der Waals surface area contributed by atoms with Gasteiger partial charge in [-0.2, -0.15) is 0 Å². The number of aryl methyl sites for hydroxylation is 1. The first kappa shape index (κ1) is 15.4. The predicted octanol–water partition coefficient (Wildman–Crippen LogP) is 1.25. The van der Waals surface area contributed by atoms with E-state index in [-0.39, 0.29) is 23.7 Å². The molecule has 0 radical (unpaired) electrons. The van der Waals surface area contributed by atoms with Crippen molar-refractivity contribution in [2.24, 2.45) is 11.7 Å². The molecule has 2 rings (SSSR count). The third-order valence-electron chi connectivity index (χ3n) is 3.90. The minimum Gasteiger partial charge on any atom is -0.369 e. The van der Waals surface area contributed by atoms with Gasteiger partial charge in [-0.3, -0.25) is 9.59 Å². The Labute approximate surface area is 124 Å². The van der Waals surface area contributed by atoms with Crippen LogP contribution in [-0.4, -0.2) is 39.8 Å². The molecule has 0 atom stereocenters. The number of nitrogens with two attached hydrogens (primary N) is 1. The summed E-state index contributed by atoms with van der Waals surface area (Å²) in [7, 11) is 0. The average molecular weight is 290 g/mol. The van der Waals surface area contributed by atoms with Gasteiger partial charge in [-0.25, -0.2) is 9.97 Å². The average Bonchev–Trinajstić information content (AvgIpc) is 2.46. The topological polar surface area (TPSA) is 89.2 Å². The van der Waals surface area contributed by atoms with Crippen molar-refractivity contribution in [3.63, 3.8) is 0 Å². The minimum absolute atomic E-state index is 0.0541. The summed E-state index contributed by atoms with van der Waals surface area (Å²) in [6.45, 7) is 6.95. The van der Waals surface area contributed by atoms with E-state index in [0.717, 1.165) is 5.69 Å². The Morgan fingerprint density at radius 2 is 1.95 bits per heavy atom. The number of hydrogen-bond acceptors (Lipinski definition) is 4. The van der Waals surface area contributed by atoms with Gasteiger partial charge in [0.1, 0.15) is 5.82 Å². The fraction of sp³-hybridized carbons (Fsp3) is 0.600. The first-order valence-corrected chi connectivity index (χ1v) is 7.32. The Bertz CT molecular complexity index is 549. The van der Waals surface area contributed by atoms with Crippen molar-refractivity contribution >= 4 is 11.8 Å². The highest BCUT2D eigenvalue weighted by Gasteiger charge is 2.28. The summed E-state index contributed by atoms with van der Waals surface area (Å²) in [4.78, 5) is 34.1. The Balaban J connectivity index is 2.16. The molecule has 0 bridgehead atoms. The van der Waals surface area contributed by atoms with Crippen molar-refractivity contribution < 1.29 is 9.59 Å². The van der Waals surface area contributed by atoms with Gasteiger partial charge in [-0.05, 0) is 25.7 Å². The van der Waals surface area contributed by atoms with Crippen molar-refractivity contribution in [3.05, 3.63) is 23.3 Å². The van der Waals surface area contributed by atoms with Gasteiger partial charge in [-0.15, -0.1) is 0 Å². The molecular weight excluding hydrogens is 268 g/mol. The van der Waals surface area contributed by atoms with E-state index in [1.807, 2.05) is 20.8 Å². The zero-order valence-corrected chi connectivity index (χ0v) is 12.8. The number of aromatic nitrogens is 2. The lowest BCUT2D eigenvalue weighted by Gasteiger charge is -2.31. The SMILES string of the molecule is Cc1ncc(C(=O)N2CCC(C(N)=O)CC2)c(C(C)C)n1. The van der Waals surface area contributed by atoms with E-state index in [0.29, 0.717) is 37.3 Å². The Kier molecular flexibility index (Phi) is 4.55. The normalized spacial score (nSPS) is 16.3. The van der Waals surface area contributed by atoms with Crippen LogP contribution >= 0.6 is 0 Å². The third kappa shape index (κ3) is 3.37. The predicted molar refractivity (Wildman–Crippen MR) is 78.7 cm³/mol. The largest absolute Gasteiger partial charge is 0.369 e. The van der Waals surface area contributed by atoms with Gasteiger partial charge in [0.15, 0.2) is 0 Å². The highest BCUT2D eigenvalue weighted by Crippen LogP contribution is 2.22. The quantitative estimate of drug-likeness (QED) is 0.907. The van der Waals surface area contributed by atoms with Crippen LogP contribution in [-0.2, 0) is 4.79 Å². The molecule has 6 heteroatoms. The second-order valence-corrected chi connectivity index (χ2v) is 5.84. The summed E-state index contributed by atoms with van der Waals surface area (Å²) in [5.41, 5.74) is 6.66. The second-order valence-electron chi connectivity index (χ2n) is 5.84. The summed E-state index contributed by atoms with van der Waals surface area (Å²) in [5.74, 6) is 0.384. The van der Waals surface area contributed by atoms with Crippen LogP contribution in [0.15, 0.2) is 6.20 Å². The van der Waals surface area contributed by atoms with E-state index in [9.17, 15) is 9.59 Å². The van der Waals surface area contributed by atoms with E-state index in [2.05, 4.69) is 9.97 Å². The molecule has 1 aromatic heterocycles. The number of likely N-dealkylation sites (tertiary alicyclic amines) is 1. The van der Waals surface area contributed by atoms with E-state index in [4.69, 9.17) is 5.73 Å². The molecule has 0 spiro atoms. The van der Waals surface area contributed by atoms with Gasteiger partial charge in [-0.1, -0.05) is 13.8 Å². The maximum atomic E-state index is 12.6. The summed E-state index contributed by atoms with van der Waals surface area (Å²) >= 11 is 0. The van der Waals surface area contributed by atoms with Crippen molar-refractivity contribution in [3.8, 4) is 0 Å². The summed E-state index contributed by atoms with van der Waals surface area (Å²) in [6, 6.07) is 0. The molecule has 1 fully saturated rings. The summed E-state index contributed by atoms with van der Waals surface area (Å²) < 4.78 is 0. The number of amides is 2. The number of hydrogen-bond donors (Lipinski definition) is 1. The van der Waals surface area contributed by atoms with Crippen LogP contribution in [0.25, 0.3) is 0 Å². The van der Waals surface area contributed by atoms with E-state index >= 15 is 0 Å². The summed E-state index contributed by atoms with van der Waals surface area (Å²) in [5, 5.41) is 0. The van der Waals surface area contributed by atoms with Crippen molar-refractivity contribution in [2.45, 2.75) is 39.5 Å². The van der Waals surface area contributed by atoms with E-state index in [1.165, 1.54) is 0 Å². The first-order chi connectivity index (χ1) is 9.90. The highest BCUT2D eigenvalue weighted by atomic mass is 16.2. The maximum absolute atomic E-state index is 12.6. The molecule has 1 saturated heterocycles. The molecule has 2 N–H and O–H groups in total. The van der Waals surface area contributed by atoms with Crippen LogP contribution in [0.4, 0.5) is 0 Å². The maximum Gasteiger partial charge on any atom is 0.257 e. The molecule has 0 unspecified atom stereocenters. The van der Waals surface area contributed by atoms with Gasteiger partial charge >= 0.3 is 0 Å². The van der Waals surface area contributed by atoms with Crippen LogP contribution in [0.3, 0.4) is 0 Å². The van der Waals surface area contributed by atoms with Crippen LogP contribution in [0.5, 0.6) is 0 Å².